The lowest BCUT2D eigenvalue weighted by Gasteiger charge is -2.34. The van der Waals surface area contributed by atoms with Crippen molar-refractivity contribution in [1.29, 1.82) is 0 Å². The Morgan fingerprint density at radius 3 is 2.58 bits per heavy atom. The second kappa shape index (κ2) is 10.8. The van der Waals surface area contributed by atoms with Crippen molar-refractivity contribution in [3.8, 4) is 11.5 Å². The number of aromatic nitrogens is 1. The summed E-state index contributed by atoms with van der Waals surface area (Å²) in [5.74, 6) is 0.335. The third-order valence-corrected chi connectivity index (χ3v) is 6.36. The highest BCUT2D eigenvalue weighted by atomic mass is 79.9. The molecule has 1 aromatic carbocycles. The van der Waals surface area contributed by atoms with Gasteiger partial charge in [-0.15, -0.1) is 0 Å². The van der Waals surface area contributed by atoms with Gasteiger partial charge >= 0.3 is 12.1 Å². The summed E-state index contributed by atoms with van der Waals surface area (Å²) in [5, 5.41) is 9.44. The number of amides is 1. The van der Waals surface area contributed by atoms with E-state index in [1.807, 2.05) is 38.1 Å². The number of ether oxygens (including phenoxy) is 1. The molecule has 0 spiro atoms. The van der Waals surface area contributed by atoms with Crippen LogP contribution in [0.3, 0.4) is 0 Å². The molecule has 168 valence electrons. The van der Waals surface area contributed by atoms with Crippen molar-refractivity contribution in [3.05, 3.63) is 40.2 Å². The minimum atomic E-state index is -0.728. The molecule has 7 nitrogen and oxygen atoms in total. The van der Waals surface area contributed by atoms with Crippen LogP contribution in [-0.4, -0.2) is 46.7 Å². The second-order valence-electron chi connectivity index (χ2n) is 7.95. The summed E-state index contributed by atoms with van der Waals surface area (Å²) in [5.41, 5.74) is 1.66. The largest absolute Gasteiger partial charge is 0.481 e. The fourth-order valence-corrected chi connectivity index (χ4v) is 4.32. The minimum absolute atomic E-state index is 0.122. The van der Waals surface area contributed by atoms with Crippen LogP contribution in [-0.2, 0) is 16.0 Å². The number of oxazole rings is 1. The number of carbonyl (C=O) groups is 2. The van der Waals surface area contributed by atoms with Gasteiger partial charge in [-0.05, 0) is 56.4 Å². The maximum absolute atomic E-state index is 12.4. The molecule has 1 aliphatic heterocycles. The van der Waals surface area contributed by atoms with Crippen LogP contribution >= 0.6 is 15.9 Å². The molecule has 0 saturated carbocycles. The number of likely N-dealkylation sites (tertiary alicyclic amines) is 1. The van der Waals surface area contributed by atoms with Crippen molar-refractivity contribution in [2.75, 3.05) is 19.7 Å². The van der Waals surface area contributed by atoms with Crippen LogP contribution in [0.4, 0.5) is 4.79 Å². The Labute approximate surface area is 190 Å². The van der Waals surface area contributed by atoms with Gasteiger partial charge in [0.15, 0.2) is 0 Å². The number of halogens is 1. The molecule has 0 aliphatic carbocycles. The maximum atomic E-state index is 12.4. The predicted octanol–water partition coefficient (Wildman–Crippen LogP) is 5.30. The van der Waals surface area contributed by atoms with E-state index in [-0.39, 0.29) is 24.5 Å². The average molecular weight is 493 g/mol. The van der Waals surface area contributed by atoms with E-state index in [9.17, 15) is 14.7 Å². The summed E-state index contributed by atoms with van der Waals surface area (Å²) in [6.07, 6.45) is 3.06. The standard InChI is InChI=1S/C23H29BrN2O5/c1-3-4-19(22(27)28)16-9-12-26(13-10-16)23(29)30-14-11-20-15(2)31-21(25-20)17-5-7-18(24)8-6-17/h5-8,16,19H,3-4,9-14H2,1-2H3,(H,27,28). The summed E-state index contributed by atoms with van der Waals surface area (Å²) in [7, 11) is 0. The van der Waals surface area contributed by atoms with Crippen molar-refractivity contribution in [3.63, 3.8) is 0 Å². The van der Waals surface area contributed by atoms with Gasteiger partial charge in [0.2, 0.25) is 5.89 Å². The van der Waals surface area contributed by atoms with E-state index in [2.05, 4.69) is 20.9 Å². The number of carbonyl (C=O) groups excluding carboxylic acids is 1. The molecule has 1 N–H and O–H groups in total. The first-order valence-corrected chi connectivity index (χ1v) is 11.5. The van der Waals surface area contributed by atoms with Gasteiger partial charge < -0.3 is 19.2 Å². The van der Waals surface area contributed by atoms with Crippen LogP contribution in [0.25, 0.3) is 11.5 Å². The molecule has 1 aromatic heterocycles. The molecular formula is C23H29BrN2O5. The zero-order chi connectivity index (χ0) is 22.4. The molecule has 1 amide bonds. The third-order valence-electron chi connectivity index (χ3n) is 5.83. The predicted molar refractivity (Wildman–Crippen MR) is 120 cm³/mol. The third kappa shape index (κ3) is 6.09. The van der Waals surface area contributed by atoms with E-state index in [4.69, 9.17) is 9.15 Å². The maximum Gasteiger partial charge on any atom is 0.409 e. The van der Waals surface area contributed by atoms with Crippen LogP contribution < -0.4 is 0 Å². The Morgan fingerprint density at radius 1 is 1.29 bits per heavy atom. The first-order chi connectivity index (χ1) is 14.9. The van der Waals surface area contributed by atoms with E-state index in [1.54, 1.807) is 4.90 Å². The zero-order valence-electron chi connectivity index (χ0n) is 18.0. The Hall–Kier alpha value is -2.35. The average Bonchev–Trinajstić information content (AvgIpc) is 3.13. The SMILES string of the molecule is CCCC(C(=O)O)C1CCN(C(=O)OCCc2nc(-c3ccc(Br)cc3)oc2C)CC1. The minimum Gasteiger partial charge on any atom is -0.481 e. The van der Waals surface area contributed by atoms with E-state index in [0.29, 0.717) is 50.4 Å². The summed E-state index contributed by atoms with van der Waals surface area (Å²) in [6, 6.07) is 7.72. The molecule has 1 fully saturated rings. The Kier molecular flexibility index (Phi) is 8.12. The number of hydrogen-bond donors (Lipinski definition) is 1. The number of carboxylic acid groups (broad SMARTS) is 1. The van der Waals surface area contributed by atoms with Crippen molar-refractivity contribution >= 4 is 28.0 Å². The number of hydrogen-bond acceptors (Lipinski definition) is 5. The number of aryl methyl sites for hydroxylation is 1. The van der Waals surface area contributed by atoms with Gasteiger partial charge in [0.05, 0.1) is 18.2 Å². The summed E-state index contributed by atoms with van der Waals surface area (Å²) in [6.45, 7) is 5.15. The molecule has 3 rings (SSSR count). The number of carboxylic acids is 1. The molecule has 1 atom stereocenters. The van der Waals surface area contributed by atoms with Crippen molar-refractivity contribution < 1.29 is 23.8 Å². The number of piperidine rings is 1. The van der Waals surface area contributed by atoms with Gasteiger partial charge in [-0.3, -0.25) is 4.79 Å². The summed E-state index contributed by atoms with van der Waals surface area (Å²) >= 11 is 3.41. The van der Waals surface area contributed by atoms with E-state index < -0.39 is 5.97 Å². The van der Waals surface area contributed by atoms with Gasteiger partial charge in [-0.2, -0.15) is 0 Å². The molecule has 2 aromatic rings. The topological polar surface area (TPSA) is 92.9 Å². The lowest BCUT2D eigenvalue weighted by Crippen LogP contribution is -2.41. The van der Waals surface area contributed by atoms with E-state index >= 15 is 0 Å². The van der Waals surface area contributed by atoms with Crippen LogP contribution in [0.2, 0.25) is 0 Å². The van der Waals surface area contributed by atoms with Crippen molar-refractivity contribution in [2.45, 2.75) is 46.0 Å². The first-order valence-electron chi connectivity index (χ1n) is 10.8. The van der Waals surface area contributed by atoms with Crippen LogP contribution in [0.5, 0.6) is 0 Å². The van der Waals surface area contributed by atoms with E-state index in [0.717, 1.165) is 22.2 Å². The molecule has 2 heterocycles. The van der Waals surface area contributed by atoms with Gasteiger partial charge in [0.25, 0.3) is 0 Å². The molecule has 1 unspecified atom stereocenters. The lowest BCUT2D eigenvalue weighted by atomic mass is 9.82. The quantitative estimate of drug-likeness (QED) is 0.536. The van der Waals surface area contributed by atoms with Gasteiger partial charge in [-0.1, -0.05) is 29.3 Å². The molecule has 1 aliphatic rings. The zero-order valence-corrected chi connectivity index (χ0v) is 19.6. The molecular weight excluding hydrogens is 464 g/mol. The van der Waals surface area contributed by atoms with Crippen molar-refractivity contribution in [2.24, 2.45) is 11.8 Å². The Morgan fingerprint density at radius 2 is 1.97 bits per heavy atom. The fraction of sp³-hybridized carbons (Fsp3) is 0.522. The Bertz CT molecular complexity index is 888. The molecule has 1 saturated heterocycles. The number of benzene rings is 1. The first kappa shape index (κ1) is 23.3. The number of aliphatic carboxylic acids is 1. The highest BCUT2D eigenvalue weighted by Crippen LogP contribution is 2.29. The Balaban J connectivity index is 1.47. The lowest BCUT2D eigenvalue weighted by molar-refractivity contribution is -0.144. The van der Waals surface area contributed by atoms with Crippen molar-refractivity contribution in [1.82, 2.24) is 9.88 Å². The van der Waals surface area contributed by atoms with Crippen LogP contribution in [0.15, 0.2) is 33.2 Å². The highest BCUT2D eigenvalue weighted by Gasteiger charge is 2.32. The molecule has 31 heavy (non-hydrogen) atoms. The van der Waals surface area contributed by atoms with Gasteiger partial charge in [0, 0.05) is 29.5 Å². The number of nitrogens with zero attached hydrogens (tertiary/aromatic N) is 2. The highest BCUT2D eigenvalue weighted by molar-refractivity contribution is 9.10. The smallest absolute Gasteiger partial charge is 0.409 e. The van der Waals surface area contributed by atoms with Crippen LogP contribution in [0, 0.1) is 18.8 Å². The number of rotatable bonds is 8. The molecule has 8 heteroatoms. The van der Waals surface area contributed by atoms with Crippen LogP contribution in [0.1, 0.15) is 44.1 Å². The summed E-state index contributed by atoms with van der Waals surface area (Å²) in [4.78, 5) is 30.1. The summed E-state index contributed by atoms with van der Waals surface area (Å²) < 4.78 is 12.2. The fourth-order valence-electron chi connectivity index (χ4n) is 4.06. The molecule has 0 bridgehead atoms. The normalized spacial score (nSPS) is 15.6. The monoisotopic (exact) mass is 492 g/mol. The van der Waals surface area contributed by atoms with Gasteiger partial charge in [-0.25, -0.2) is 9.78 Å². The van der Waals surface area contributed by atoms with Gasteiger partial charge in [0.1, 0.15) is 5.76 Å². The second-order valence-corrected chi connectivity index (χ2v) is 8.87. The van der Waals surface area contributed by atoms with E-state index in [1.165, 1.54) is 0 Å². The molecule has 0 radical (unpaired) electrons.